The molecule has 30 heavy (non-hydrogen) atoms. The number of nitrogens with zero attached hydrogens (tertiary/aromatic N) is 4. The van der Waals surface area contributed by atoms with Gasteiger partial charge in [-0.05, 0) is 37.3 Å². The second-order valence-electron chi connectivity index (χ2n) is 6.69. The summed E-state index contributed by atoms with van der Waals surface area (Å²) in [4.78, 5) is 24.4. The lowest BCUT2D eigenvalue weighted by Crippen LogP contribution is -2.50. The fourth-order valence-electron chi connectivity index (χ4n) is 3.14. The van der Waals surface area contributed by atoms with Crippen LogP contribution in [0, 0.1) is 34.2 Å². The van der Waals surface area contributed by atoms with Crippen LogP contribution in [0.2, 0.25) is 0 Å². The van der Waals surface area contributed by atoms with Gasteiger partial charge in [-0.15, -0.1) is 0 Å². The number of sulfonamides is 1. The molecule has 1 aliphatic rings. The van der Waals surface area contributed by atoms with Crippen molar-refractivity contribution in [2.45, 2.75) is 11.8 Å². The van der Waals surface area contributed by atoms with E-state index in [1.807, 2.05) is 6.07 Å². The molecule has 156 valence electrons. The van der Waals surface area contributed by atoms with Crippen LogP contribution in [0.5, 0.6) is 0 Å². The number of nitro benzene ring substituents is 1. The van der Waals surface area contributed by atoms with E-state index in [1.54, 1.807) is 0 Å². The lowest BCUT2D eigenvalue weighted by atomic mass is 10.1. The highest BCUT2D eigenvalue weighted by molar-refractivity contribution is 7.89. The molecule has 1 fully saturated rings. The molecule has 0 aromatic heterocycles. The number of hydrogen-bond acceptors (Lipinski definition) is 6. The van der Waals surface area contributed by atoms with Crippen LogP contribution in [-0.2, 0) is 10.0 Å². The van der Waals surface area contributed by atoms with Crippen molar-refractivity contribution >= 4 is 21.6 Å². The topological polar surface area (TPSA) is 125 Å². The van der Waals surface area contributed by atoms with E-state index >= 15 is 0 Å². The molecule has 0 aliphatic carbocycles. The van der Waals surface area contributed by atoms with E-state index in [4.69, 9.17) is 5.26 Å². The Bertz CT molecular complexity index is 1150. The lowest BCUT2D eigenvalue weighted by molar-refractivity contribution is -0.385. The first kappa shape index (κ1) is 21.4. The maximum Gasteiger partial charge on any atom is 0.276 e. The van der Waals surface area contributed by atoms with Crippen molar-refractivity contribution in [1.82, 2.24) is 9.21 Å². The number of nitriles is 1. The maximum absolute atomic E-state index is 14.0. The van der Waals surface area contributed by atoms with Crippen molar-refractivity contribution in [2.75, 3.05) is 26.2 Å². The van der Waals surface area contributed by atoms with Crippen LogP contribution in [0.4, 0.5) is 10.1 Å². The van der Waals surface area contributed by atoms with Gasteiger partial charge in [0.25, 0.3) is 11.6 Å². The summed E-state index contributed by atoms with van der Waals surface area (Å²) in [6.07, 6.45) is 0. The van der Waals surface area contributed by atoms with Crippen LogP contribution in [0.25, 0.3) is 0 Å². The van der Waals surface area contributed by atoms with E-state index in [1.165, 1.54) is 40.4 Å². The van der Waals surface area contributed by atoms with Crippen LogP contribution in [-0.4, -0.2) is 54.6 Å². The Labute approximate surface area is 172 Å². The standard InChI is InChI=1S/C19H17FN4O5S/c1-13-17(20)10-15(11-18(13)24(26)27)19(25)22-6-8-23(9-7-22)30(28,29)16-4-2-14(12-21)3-5-16/h2-5,10-11H,6-9H2,1H3. The lowest BCUT2D eigenvalue weighted by Gasteiger charge is -2.34. The van der Waals surface area contributed by atoms with Crippen molar-refractivity contribution in [3.8, 4) is 6.07 Å². The zero-order valence-corrected chi connectivity index (χ0v) is 16.7. The predicted molar refractivity (Wildman–Crippen MR) is 104 cm³/mol. The van der Waals surface area contributed by atoms with Gasteiger partial charge in [0.05, 0.1) is 27.0 Å². The summed E-state index contributed by atoms with van der Waals surface area (Å²) in [7, 11) is -3.79. The van der Waals surface area contributed by atoms with Crippen LogP contribution in [0.3, 0.4) is 0 Å². The van der Waals surface area contributed by atoms with E-state index in [9.17, 15) is 27.7 Å². The number of benzene rings is 2. The van der Waals surface area contributed by atoms with Gasteiger partial charge in [-0.2, -0.15) is 9.57 Å². The minimum absolute atomic E-state index is 0.0184. The second kappa shape index (κ2) is 8.17. The first-order valence-electron chi connectivity index (χ1n) is 8.89. The Morgan fingerprint density at radius 1 is 1.17 bits per heavy atom. The van der Waals surface area contributed by atoms with Crippen LogP contribution < -0.4 is 0 Å². The van der Waals surface area contributed by atoms with Gasteiger partial charge in [0.1, 0.15) is 5.82 Å². The van der Waals surface area contributed by atoms with Crippen molar-refractivity contribution in [1.29, 1.82) is 5.26 Å². The number of rotatable bonds is 4. The van der Waals surface area contributed by atoms with Crippen molar-refractivity contribution < 1.29 is 22.5 Å². The Balaban J connectivity index is 1.74. The highest BCUT2D eigenvalue weighted by Crippen LogP contribution is 2.24. The zero-order chi connectivity index (χ0) is 22.1. The number of piperazine rings is 1. The SMILES string of the molecule is Cc1c(F)cc(C(=O)N2CCN(S(=O)(=O)c3ccc(C#N)cc3)CC2)cc1[N+](=O)[O-]. The fourth-order valence-corrected chi connectivity index (χ4v) is 4.56. The molecule has 2 aromatic carbocycles. The number of hydrogen-bond donors (Lipinski definition) is 0. The maximum atomic E-state index is 14.0. The molecule has 0 bridgehead atoms. The van der Waals surface area contributed by atoms with Crippen LogP contribution in [0.15, 0.2) is 41.3 Å². The third-order valence-corrected chi connectivity index (χ3v) is 6.82. The largest absolute Gasteiger partial charge is 0.336 e. The normalized spacial score (nSPS) is 14.9. The highest BCUT2D eigenvalue weighted by Gasteiger charge is 2.31. The van der Waals surface area contributed by atoms with E-state index < -0.39 is 32.4 Å². The molecule has 1 amide bonds. The fraction of sp³-hybridized carbons (Fsp3) is 0.263. The molecule has 0 atom stereocenters. The smallest absolute Gasteiger partial charge is 0.276 e. The second-order valence-corrected chi connectivity index (χ2v) is 8.63. The van der Waals surface area contributed by atoms with Gasteiger partial charge in [0, 0.05) is 37.8 Å². The minimum Gasteiger partial charge on any atom is -0.336 e. The van der Waals surface area contributed by atoms with Crippen molar-refractivity contribution in [3.05, 3.63) is 69.0 Å². The first-order valence-corrected chi connectivity index (χ1v) is 10.3. The molecule has 3 rings (SSSR count). The molecule has 2 aromatic rings. The Morgan fingerprint density at radius 2 is 1.77 bits per heavy atom. The van der Waals surface area contributed by atoms with Gasteiger partial charge < -0.3 is 4.90 Å². The molecule has 1 saturated heterocycles. The summed E-state index contributed by atoms with van der Waals surface area (Å²) in [5.74, 6) is -1.46. The molecule has 0 unspecified atom stereocenters. The molecule has 0 spiro atoms. The molecule has 9 nitrogen and oxygen atoms in total. The Hall–Kier alpha value is -3.36. The number of halogens is 1. The van der Waals surface area contributed by atoms with Crippen LogP contribution in [0.1, 0.15) is 21.5 Å². The van der Waals surface area contributed by atoms with E-state index in [0.717, 1.165) is 12.1 Å². The predicted octanol–water partition coefficient (Wildman–Crippen LogP) is 2.06. The van der Waals surface area contributed by atoms with E-state index in [0.29, 0.717) is 5.56 Å². The van der Waals surface area contributed by atoms with Crippen molar-refractivity contribution in [3.63, 3.8) is 0 Å². The summed E-state index contributed by atoms with van der Waals surface area (Å²) in [6.45, 7) is 1.40. The summed E-state index contributed by atoms with van der Waals surface area (Å²) >= 11 is 0. The summed E-state index contributed by atoms with van der Waals surface area (Å²) in [5, 5.41) is 19.9. The molecule has 1 heterocycles. The van der Waals surface area contributed by atoms with Gasteiger partial charge in [-0.3, -0.25) is 14.9 Å². The van der Waals surface area contributed by atoms with Gasteiger partial charge >= 0.3 is 0 Å². The van der Waals surface area contributed by atoms with Crippen LogP contribution >= 0.6 is 0 Å². The van der Waals surface area contributed by atoms with Crippen molar-refractivity contribution in [2.24, 2.45) is 0 Å². The summed E-state index contributed by atoms with van der Waals surface area (Å²) in [5.41, 5.74) is -0.466. The third-order valence-electron chi connectivity index (χ3n) is 4.91. The quantitative estimate of drug-likeness (QED) is 0.538. The minimum atomic E-state index is -3.79. The number of carbonyl (C=O) groups excluding carboxylic acids is 1. The first-order chi connectivity index (χ1) is 14.1. The van der Waals surface area contributed by atoms with Gasteiger partial charge in [-0.1, -0.05) is 0 Å². The average Bonchev–Trinajstić information content (AvgIpc) is 2.75. The monoisotopic (exact) mass is 432 g/mol. The molecule has 1 aliphatic heterocycles. The molecular formula is C19H17FN4O5S. The number of nitro groups is 1. The third kappa shape index (κ3) is 4.00. The van der Waals surface area contributed by atoms with Gasteiger partial charge in [-0.25, -0.2) is 12.8 Å². The molecule has 0 radical (unpaired) electrons. The highest BCUT2D eigenvalue weighted by atomic mass is 32.2. The Morgan fingerprint density at radius 3 is 2.30 bits per heavy atom. The average molecular weight is 432 g/mol. The molecule has 11 heteroatoms. The van der Waals surface area contributed by atoms with E-state index in [-0.39, 0.29) is 42.2 Å². The van der Waals surface area contributed by atoms with Gasteiger partial charge in [0.15, 0.2) is 0 Å². The molecule has 0 saturated carbocycles. The Kier molecular flexibility index (Phi) is 5.82. The summed E-state index contributed by atoms with van der Waals surface area (Å²) in [6, 6.07) is 9.40. The number of amides is 1. The summed E-state index contributed by atoms with van der Waals surface area (Å²) < 4.78 is 40.7. The van der Waals surface area contributed by atoms with E-state index in [2.05, 4.69) is 0 Å². The zero-order valence-electron chi connectivity index (χ0n) is 15.9. The molecular weight excluding hydrogens is 415 g/mol. The molecule has 0 N–H and O–H groups in total. The number of carbonyl (C=O) groups is 1. The van der Waals surface area contributed by atoms with Gasteiger partial charge in [0.2, 0.25) is 10.0 Å².